The van der Waals surface area contributed by atoms with Crippen molar-refractivity contribution in [1.29, 1.82) is 0 Å². The zero-order valence-corrected chi connectivity index (χ0v) is 9.32. The van der Waals surface area contributed by atoms with Crippen LogP contribution in [0.3, 0.4) is 0 Å². The summed E-state index contributed by atoms with van der Waals surface area (Å²) < 4.78 is 18.5. The second-order valence-corrected chi connectivity index (χ2v) is 3.98. The first-order chi connectivity index (χ1) is 7.68. The molecule has 1 saturated heterocycles. The Hall–Kier alpha value is -1.13. The maximum atomic E-state index is 13.2. The lowest BCUT2D eigenvalue weighted by Crippen LogP contribution is -2.37. The van der Waals surface area contributed by atoms with E-state index in [0.717, 1.165) is 24.3 Å². The van der Waals surface area contributed by atoms with Gasteiger partial charge in [0.05, 0.1) is 19.3 Å². The summed E-state index contributed by atoms with van der Waals surface area (Å²) in [6.07, 6.45) is -0.585. The average Bonchev–Trinajstić information content (AvgIpc) is 2.29. The van der Waals surface area contributed by atoms with E-state index >= 15 is 0 Å². The van der Waals surface area contributed by atoms with Gasteiger partial charge in [-0.05, 0) is 19.1 Å². The van der Waals surface area contributed by atoms with Crippen LogP contribution < -0.4 is 4.90 Å². The van der Waals surface area contributed by atoms with E-state index in [1.165, 1.54) is 12.1 Å². The lowest BCUT2D eigenvalue weighted by molar-refractivity contribution is 0.122. The van der Waals surface area contributed by atoms with Crippen molar-refractivity contribution in [3.63, 3.8) is 0 Å². The molecule has 0 radical (unpaired) electrons. The Morgan fingerprint density at radius 1 is 1.38 bits per heavy atom. The van der Waals surface area contributed by atoms with E-state index in [1.807, 2.05) is 0 Å². The zero-order valence-electron chi connectivity index (χ0n) is 9.32. The molecular weight excluding hydrogens is 209 g/mol. The summed E-state index contributed by atoms with van der Waals surface area (Å²) in [5, 5.41) is 9.65. The number of aliphatic hydroxyl groups is 1. The maximum absolute atomic E-state index is 13.2. The van der Waals surface area contributed by atoms with Crippen molar-refractivity contribution in [2.45, 2.75) is 13.0 Å². The zero-order chi connectivity index (χ0) is 11.5. The van der Waals surface area contributed by atoms with Crippen molar-refractivity contribution < 1.29 is 14.2 Å². The van der Waals surface area contributed by atoms with Gasteiger partial charge < -0.3 is 14.7 Å². The molecule has 1 aromatic rings. The standard InChI is InChI=1S/C12H16FNO2/c1-9(15)11-3-2-10(13)8-12(11)14-4-6-16-7-5-14/h2-3,8-9,15H,4-7H2,1H3. The van der Waals surface area contributed by atoms with Gasteiger partial charge in [0.2, 0.25) is 0 Å². The number of nitrogens with zero attached hydrogens (tertiary/aromatic N) is 1. The highest BCUT2D eigenvalue weighted by Crippen LogP contribution is 2.27. The lowest BCUT2D eigenvalue weighted by atomic mass is 10.1. The summed E-state index contributed by atoms with van der Waals surface area (Å²) in [5.41, 5.74) is 1.54. The lowest BCUT2D eigenvalue weighted by Gasteiger charge is -2.31. The van der Waals surface area contributed by atoms with Gasteiger partial charge in [-0.1, -0.05) is 6.07 Å². The molecule has 0 aromatic heterocycles. The van der Waals surface area contributed by atoms with Crippen molar-refractivity contribution >= 4 is 5.69 Å². The van der Waals surface area contributed by atoms with Gasteiger partial charge in [-0.2, -0.15) is 0 Å². The highest BCUT2D eigenvalue weighted by atomic mass is 19.1. The molecule has 1 N–H and O–H groups in total. The SMILES string of the molecule is CC(O)c1ccc(F)cc1N1CCOCC1. The van der Waals surface area contributed by atoms with E-state index < -0.39 is 6.10 Å². The summed E-state index contributed by atoms with van der Waals surface area (Å²) in [4.78, 5) is 2.05. The molecular formula is C12H16FNO2. The van der Waals surface area contributed by atoms with Crippen molar-refractivity contribution in [2.75, 3.05) is 31.2 Å². The molecule has 0 amide bonds. The quantitative estimate of drug-likeness (QED) is 0.831. The van der Waals surface area contributed by atoms with E-state index in [-0.39, 0.29) is 5.82 Å². The molecule has 1 unspecified atom stereocenters. The van der Waals surface area contributed by atoms with Crippen LogP contribution in [0.2, 0.25) is 0 Å². The summed E-state index contributed by atoms with van der Waals surface area (Å²) in [5.74, 6) is -0.272. The summed E-state index contributed by atoms with van der Waals surface area (Å²) in [7, 11) is 0. The minimum Gasteiger partial charge on any atom is -0.389 e. The smallest absolute Gasteiger partial charge is 0.125 e. The van der Waals surface area contributed by atoms with Crippen LogP contribution >= 0.6 is 0 Å². The Labute approximate surface area is 94.4 Å². The number of rotatable bonds is 2. The van der Waals surface area contributed by atoms with Crippen molar-refractivity contribution in [2.24, 2.45) is 0 Å². The Bertz CT molecular complexity index is 362. The third-order valence-corrected chi connectivity index (χ3v) is 2.79. The molecule has 0 spiro atoms. The van der Waals surface area contributed by atoms with Crippen molar-refractivity contribution in [3.05, 3.63) is 29.6 Å². The van der Waals surface area contributed by atoms with Gasteiger partial charge in [0.25, 0.3) is 0 Å². The molecule has 1 atom stereocenters. The third-order valence-electron chi connectivity index (χ3n) is 2.79. The summed E-state index contributed by atoms with van der Waals surface area (Å²) in [6, 6.07) is 4.50. The van der Waals surface area contributed by atoms with Crippen LogP contribution in [0, 0.1) is 5.82 Å². The first-order valence-electron chi connectivity index (χ1n) is 5.48. The molecule has 1 aliphatic rings. The molecule has 4 heteroatoms. The van der Waals surface area contributed by atoms with Gasteiger partial charge in [-0.3, -0.25) is 0 Å². The van der Waals surface area contributed by atoms with Crippen LogP contribution in [0.5, 0.6) is 0 Å². The molecule has 1 aromatic carbocycles. The van der Waals surface area contributed by atoms with E-state index in [2.05, 4.69) is 4.90 Å². The number of anilines is 1. The van der Waals surface area contributed by atoms with Crippen molar-refractivity contribution in [1.82, 2.24) is 0 Å². The fraction of sp³-hybridized carbons (Fsp3) is 0.500. The highest BCUT2D eigenvalue weighted by molar-refractivity contribution is 5.55. The number of ether oxygens (including phenoxy) is 1. The van der Waals surface area contributed by atoms with Gasteiger partial charge >= 0.3 is 0 Å². The van der Waals surface area contributed by atoms with Gasteiger partial charge in [0.15, 0.2) is 0 Å². The molecule has 2 rings (SSSR count). The molecule has 3 nitrogen and oxygen atoms in total. The number of hydrogen-bond acceptors (Lipinski definition) is 3. The van der Waals surface area contributed by atoms with Gasteiger partial charge in [0.1, 0.15) is 5.82 Å². The molecule has 1 fully saturated rings. The second kappa shape index (κ2) is 4.80. The molecule has 88 valence electrons. The maximum Gasteiger partial charge on any atom is 0.125 e. The van der Waals surface area contributed by atoms with Gasteiger partial charge in [0, 0.05) is 24.3 Å². The Morgan fingerprint density at radius 3 is 2.69 bits per heavy atom. The van der Waals surface area contributed by atoms with E-state index in [1.54, 1.807) is 13.0 Å². The number of morpholine rings is 1. The van der Waals surface area contributed by atoms with E-state index in [4.69, 9.17) is 4.74 Å². The average molecular weight is 225 g/mol. The Kier molecular flexibility index (Phi) is 3.41. The van der Waals surface area contributed by atoms with Crippen LogP contribution in [0.15, 0.2) is 18.2 Å². The number of hydrogen-bond donors (Lipinski definition) is 1. The molecule has 16 heavy (non-hydrogen) atoms. The summed E-state index contributed by atoms with van der Waals surface area (Å²) in [6.45, 7) is 4.47. The summed E-state index contributed by atoms with van der Waals surface area (Å²) >= 11 is 0. The number of aliphatic hydroxyl groups excluding tert-OH is 1. The third kappa shape index (κ3) is 2.33. The Morgan fingerprint density at radius 2 is 2.06 bits per heavy atom. The molecule has 0 saturated carbocycles. The normalized spacial score (nSPS) is 18.6. The fourth-order valence-corrected chi connectivity index (χ4v) is 1.95. The first kappa shape index (κ1) is 11.4. The predicted octanol–water partition coefficient (Wildman–Crippen LogP) is 1.72. The highest BCUT2D eigenvalue weighted by Gasteiger charge is 2.17. The van der Waals surface area contributed by atoms with E-state index in [9.17, 15) is 9.50 Å². The van der Waals surface area contributed by atoms with Crippen LogP contribution in [0.4, 0.5) is 10.1 Å². The topological polar surface area (TPSA) is 32.7 Å². The minimum atomic E-state index is -0.585. The molecule has 0 bridgehead atoms. The van der Waals surface area contributed by atoms with Crippen LogP contribution in [-0.2, 0) is 4.74 Å². The van der Waals surface area contributed by atoms with Crippen molar-refractivity contribution in [3.8, 4) is 0 Å². The predicted molar refractivity (Wildman–Crippen MR) is 60.1 cm³/mol. The number of benzene rings is 1. The second-order valence-electron chi connectivity index (χ2n) is 3.98. The fourth-order valence-electron chi connectivity index (χ4n) is 1.95. The van der Waals surface area contributed by atoms with Gasteiger partial charge in [-0.25, -0.2) is 4.39 Å². The molecule has 1 aliphatic heterocycles. The molecule has 0 aliphatic carbocycles. The van der Waals surface area contributed by atoms with Crippen LogP contribution in [-0.4, -0.2) is 31.4 Å². The van der Waals surface area contributed by atoms with Gasteiger partial charge in [-0.15, -0.1) is 0 Å². The number of halogens is 1. The monoisotopic (exact) mass is 225 g/mol. The van der Waals surface area contributed by atoms with Crippen LogP contribution in [0.25, 0.3) is 0 Å². The first-order valence-corrected chi connectivity index (χ1v) is 5.48. The van der Waals surface area contributed by atoms with E-state index in [0.29, 0.717) is 13.2 Å². The largest absolute Gasteiger partial charge is 0.389 e. The molecule has 1 heterocycles. The van der Waals surface area contributed by atoms with Crippen LogP contribution in [0.1, 0.15) is 18.6 Å². The Balaban J connectivity index is 2.32. The minimum absolute atomic E-state index is 0.272.